The van der Waals surface area contributed by atoms with Crippen LogP contribution in [0.15, 0.2) is 12.8 Å². The first-order valence-electron chi connectivity index (χ1n) is 4.08. The SMILES string of the molecule is C=CN1CCN(C)C(C(F)(F)F)C1. The van der Waals surface area contributed by atoms with Gasteiger partial charge in [-0.1, -0.05) is 6.58 Å². The molecule has 76 valence electrons. The van der Waals surface area contributed by atoms with Crippen LogP contribution in [-0.4, -0.2) is 48.7 Å². The minimum atomic E-state index is -4.14. The number of hydrogen-bond acceptors (Lipinski definition) is 2. The Bertz CT molecular complexity index is 190. The Morgan fingerprint density at radius 2 is 2.00 bits per heavy atom. The molecule has 13 heavy (non-hydrogen) atoms. The van der Waals surface area contributed by atoms with E-state index in [2.05, 4.69) is 6.58 Å². The van der Waals surface area contributed by atoms with Crippen LogP contribution in [0.4, 0.5) is 13.2 Å². The lowest BCUT2D eigenvalue weighted by molar-refractivity contribution is -0.190. The Balaban J connectivity index is 2.65. The number of rotatable bonds is 1. The Hall–Kier alpha value is -0.710. The third kappa shape index (κ3) is 2.37. The van der Waals surface area contributed by atoms with Crippen molar-refractivity contribution in [2.75, 3.05) is 26.7 Å². The molecule has 0 aromatic rings. The molecule has 2 nitrogen and oxygen atoms in total. The Morgan fingerprint density at radius 3 is 2.46 bits per heavy atom. The minimum Gasteiger partial charge on any atom is -0.375 e. The average molecular weight is 194 g/mol. The number of halogens is 3. The molecule has 5 heteroatoms. The zero-order chi connectivity index (χ0) is 10.1. The first-order valence-corrected chi connectivity index (χ1v) is 4.08. The quantitative estimate of drug-likeness (QED) is 0.621. The second-order valence-electron chi connectivity index (χ2n) is 3.22. The van der Waals surface area contributed by atoms with Crippen molar-refractivity contribution in [2.45, 2.75) is 12.2 Å². The van der Waals surface area contributed by atoms with Crippen molar-refractivity contribution in [3.05, 3.63) is 12.8 Å². The topological polar surface area (TPSA) is 6.48 Å². The number of piperazine rings is 1. The molecule has 0 N–H and O–H groups in total. The highest BCUT2D eigenvalue weighted by Gasteiger charge is 2.44. The molecule has 1 atom stereocenters. The highest BCUT2D eigenvalue weighted by atomic mass is 19.4. The van der Waals surface area contributed by atoms with E-state index < -0.39 is 12.2 Å². The second kappa shape index (κ2) is 3.57. The normalized spacial score (nSPS) is 26.2. The van der Waals surface area contributed by atoms with Crippen LogP contribution in [0.3, 0.4) is 0 Å². The highest BCUT2D eigenvalue weighted by molar-refractivity contribution is 4.88. The van der Waals surface area contributed by atoms with Crippen LogP contribution >= 0.6 is 0 Å². The number of hydrogen-bond donors (Lipinski definition) is 0. The average Bonchev–Trinajstić information content (AvgIpc) is 2.03. The summed E-state index contributed by atoms with van der Waals surface area (Å²) in [6.07, 6.45) is -2.68. The Morgan fingerprint density at radius 1 is 1.38 bits per heavy atom. The summed E-state index contributed by atoms with van der Waals surface area (Å²) in [5.74, 6) is 0. The van der Waals surface area contributed by atoms with Crippen LogP contribution < -0.4 is 0 Å². The van der Waals surface area contributed by atoms with E-state index in [1.807, 2.05) is 0 Å². The fraction of sp³-hybridized carbons (Fsp3) is 0.750. The molecule has 0 aromatic carbocycles. The van der Waals surface area contributed by atoms with E-state index in [-0.39, 0.29) is 6.54 Å². The molecular formula is C8H13F3N2. The van der Waals surface area contributed by atoms with Gasteiger partial charge in [0, 0.05) is 19.6 Å². The summed E-state index contributed by atoms with van der Waals surface area (Å²) in [6, 6.07) is -1.36. The summed E-state index contributed by atoms with van der Waals surface area (Å²) in [5, 5.41) is 0. The molecule has 0 amide bonds. The largest absolute Gasteiger partial charge is 0.405 e. The van der Waals surface area contributed by atoms with E-state index in [4.69, 9.17) is 0 Å². The van der Waals surface area contributed by atoms with Crippen molar-refractivity contribution in [1.29, 1.82) is 0 Å². The molecule has 1 fully saturated rings. The molecule has 0 saturated carbocycles. The van der Waals surface area contributed by atoms with Gasteiger partial charge in [-0.05, 0) is 13.2 Å². The molecule has 1 rings (SSSR count). The Kier molecular flexibility index (Phi) is 2.85. The lowest BCUT2D eigenvalue weighted by Crippen LogP contribution is -2.56. The van der Waals surface area contributed by atoms with Crippen LogP contribution in [0, 0.1) is 0 Å². The van der Waals surface area contributed by atoms with E-state index in [1.165, 1.54) is 18.1 Å². The third-order valence-corrected chi connectivity index (χ3v) is 2.32. The molecule has 1 saturated heterocycles. The van der Waals surface area contributed by atoms with Crippen molar-refractivity contribution in [3.8, 4) is 0 Å². The summed E-state index contributed by atoms with van der Waals surface area (Å²) in [4.78, 5) is 2.93. The summed E-state index contributed by atoms with van der Waals surface area (Å²) >= 11 is 0. The minimum absolute atomic E-state index is 0.0104. The molecule has 0 bridgehead atoms. The van der Waals surface area contributed by atoms with E-state index in [9.17, 15) is 13.2 Å². The van der Waals surface area contributed by atoms with Gasteiger partial charge in [-0.2, -0.15) is 13.2 Å². The molecule has 0 radical (unpaired) electrons. The molecule has 0 aromatic heterocycles. The zero-order valence-electron chi connectivity index (χ0n) is 7.51. The molecule has 0 spiro atoms. The smallest absolute Gasteiger partial charge is 0.375 e. The first-order chi connectivity index (χ1) is 5.95. The number of likely N-dealkylation sites (N-methyl/N-ethyl adjacent to an activating group) is 1. The van der Waals surface area contributed by atoms with Crippen molar-refractivity contribution in [1.82, 2.24) is 9.80 Å². The lowest BCUT2D eigenvalue weighted by atomic mass is 10.2. The molecule has 0 aliphatic carbocycles. The van der Waals surface area contributed by atoms with Crippen LogP contribution in [0.1, 0.15) is 0 Å². The van der Waals surface area contributed by atoms with Gasteiger partial charge in [0.25, 0.3) is 0 Å². The Labute approximate surface area is 75.6 Å². The van der Waals surface area contributed by atoms with Gasteiger partial charge in [-0.25, -0.2) is 0 Å². The van der Waals surface area contributed by atoms with Crippen LogP contribution in [0.2, 0.25) is 0 Å². The van der Waals surface area contributed by atoms with Crippen molar-refractivity contribution < 1.29 is 13.2 Å². The third-order valence-electron chi connectivity index (χ3n) is 2.32. The monoisotopic (exact) mass is 194 g/mol. The summed E-state index contributed by atoms with van der Waals surface area (Å²) < 4.78 is 37.2. The summed E-state index contributed by atoms with van der Waals surface area (Å²) in [7, 11) is 1.50. The maximum atomic E-state index is 12.4. The van der Waals surface area contributed by atoms with Gasteiger partial charge < -0.3 is 4.90 Å². The van der Waals surface area contributed by atoms with E-state index in [1.54, 1.807) is 4.90 Å². The van der Waals surface area contributed by atoms with Gasteiger partial charge in [-0.3, -0.25) is 4.90 Å². The summed E-state index contributed by atoms with van der Waals surface area (Å²) in [6.45, 7) is 4.50. The predicted octanol–water partition coefficient (Wildman–Crippen LogP) is 1.31. The van der Waals surface area contributed by atoms with Gasteiger partial charge in [-0.15, -0.1) is 0 Å². The van der Waals surface area contributed by atoms with E-state index >= 15 is 0 Å². The lowest BCUT2D eigenvalue weighted by Gasteiger charge is -2.39. The fourth-order valence-corrected chi connectivity index (χ4v) is 1.41. The maximum Gasteiger partial charge on any atom is 0.405 e. The van der Waals surface area contributed by atoms with Crippen LogP contribution in [0.5, 0.6) is 0 Å². The van der Waals surface area contributed by atoms with Crippen molar-refractivity contribution in [2.24, 2.45) is 0 Å². The van der Waals surface area contributed by atoms with E-state index in [0.29, 0.717) is 13.1 Å². The predicted molar refractivity (Wildman–Crippen MR) is 44.2 cm³/mol. The van der Waals surface area contributed by atoms with Gasteiger partial charge in [0.1, 0.15) is 6.04 Å². The molecule has 1 unspecified atom stereocenters. The molecule has 1 aliphatic rings. The maximum absolute atomic E-state index is 12.4. The molecule has 1 aliphatic heterocycles. The number of nitrogens with zero attached hydrogens (tertiary/aromatic N) is 2. The fourth-order valence-electron chi connectivity index (χ4n) is 1.41. The van der Waals surface area contributed by atoms with Gasteiger partial charge in [0.05, 0.1) is 0 Å². The van der Waals surface area contributed by atoms with Crippen LogP contribution in [-0.2, 0) is 0 Å². The second-order valence-corrected chi connectivity index (χ2v) is 3.22. The standard InChI is InChI=1S/C8H13F3N2/c1-3-13-5-4-12(2)7(6-13)8(9,10)11/h3,7H,1,4-6H2,2H3. The van der Waals surface area contributed by atoms with Crippen molar-refractivity contribution in [3.63, 3.8) is 0 Å². The van der Waals surface area contributed by atoms with Gasteiger partial charge >= 0.3 is 6.18 Å². The first kappa shape index (κ1) is 10.4. The molecule has 1 heterocycles. The summed E-state index contributed by atoms with van der Waals surface area (Å²) in [5.41, 5.74) is 0. The zero-order valence-corrected chi connectivity index (χ0v) is 7.51. The van der Waals surface area contributed by atoms with Gasteiger partial charge in [0.15, 0.2) is 0 Å². The van der Waals surface area contributed by atoms with Crippen molar-refractivity contribution >= 4 is 0 Å². The number of alkyl halides is 3. The van der Waals surface area contributed by atoms with E-state index in [0.717, 1.165) is 0 Å². The molecular weight excluding hydrogens is 181 g/mol. The van der Waals surface area contributed by atoms with Crippen LogP contribution in [0.25, 0.3) is 0 Å². The van der Waals surface area contributed by atoms with Gasteiger partial charge in [0.2, 0.25) is 0 Å². The highest BCUT2D eigenvalue weighted by Crippen LogP contribution is 2.26.